The van der Waals surface area contributed by atoms with Crippen molar-refractivity contribution < 1.29 is 58.5 Å². The van der Waals surface area contributed by atoms with Crippen LogP contribution in [0, 0.1) is 13.8 Å². The largest absolute Gasteiger partial charge is 0.495 e. The first-order chi connectivity index (χ1) is 45.6. The first-order valence-electron chi connectivity index (χ1n) is 29.7. The number of nitrogens with one attached hydrogen (secondary N) is 5. The number of nitrogens with zero attached hydrogens (tertiary/aromatic N) is 9. The zero-order valence-electron chi connectivity index (χ0n) is 51.6. The SMILES string of the molecule is COc1ccc(N2CCOCC2)cc1N.Cc1ccc(N2CCOCC2)cc1Nc1cc(Nc2ccccn2)c(C(F)(F)F)cn1.Cc1ccc(N2CCOCC2)cc1Nc1cc(Nc2ccccn2)c(C(F)(F)F)cn1.FC(F)(F)c1cnc(Cl)cc1Nc1ccccn1. The molecule has 3 fully saturated rings. The van der Waals surface area contributed by atoms with Crippen molar-refractivity contribution in [3.63, 3.8) is 0 Å². The van der Waals surface area contributed by atoms with E-state index in [0.717, 1.165) is 116 Å². The quantitative estimate of drug-likeness (QED) is 0.0340. The Morgan fingerprint density at radius 2 is 0.747 bits per heavy atom. The number of nitrogens with two attached hydrogens (primary N) is 1. The molecular formula is C66H67ClF9N15O4. The van der Waals surface area contributed by atoms with E-state index in [9.17, 15) is 39.5 Å². The lowest BCUT2D eigenvalue weighted by molar-refractivity contribution is -0.138. The van der Waals surface area contributed by atoms with Gasteiger partial charge in [0.2, 0.25) is 0 Å². The Bertz CT molecular complexity index is 3760. The van der Waals surface area contributed by atoms with Crippen LogP contribution >= 0.6 is 11.6 Å². The van der Waals surface area contributed by atoms with E-state index in [2.05, 4.69) is 71.2 Å². The highest BCUT2D eigenvalue weighted by atomic mass is 35.5. The number of hydrogen-bond acceptors (Lipinski definition) is 19. The van der Waals surface area contributed by atoms with E-state index in [1.807, 2.05) is 68.4 Å². The number of morpholine rings is 3. The first-order valence-corrected chi connectivity index (χ1v) is 30.0. The molecule has 3 aliphatic rings. The second kappa shape index (κ2) is 32.3. The molecule has 3 aliphatic heterocycles. The minimum Gasteiger partial charge on any atom is -0.495 e. The number of nitrogen functional groups attached to an aromatic ring is 1. The molecule has 7 N–H and O–H groups in total. The average Bonchev–Trinajstić information content (AvgIpc) is 1.31. The summed E-state index contributed by atoms with van der Waals surface area (Å²) < 4.78 is 140. The van der Waals surface area contributed by atoms with Gasteiger partial charge in [0, 0.05) is 117 Å². The molecule has 0 spiro atoms. The summed E-state index contributed by atoms with van der Waals surface area (Å²) >= 11 is 5.59. The summed E-state index contributed by atoms with van der Waals surface area (Å²) in [6.07, 6.45) is -6.76. The van der Waals surface area contributed by atoms with Crippen molar-refractivity contribution in [3.05, 3.63) is 198 Å². The van der Waals surface area contributed by atoms with Crippen molar-refractivity contribution in [1.82, 2.24) is 29.9 Å². The van der Waals surface area contributed by atoms with Gasteiger partial charge in [-0.25, -0.2) is 29.9 Å². The van der Waals surface area contributed by atoms with Gasteiger partial charge in [-0.2, -0.15) is 39.5 Å². The average molecular weight is 1340 g/mol. The third-order valence-corrected chi connectivity index (χ3v) is 14.9. The van der Waals surface area contributed by atoms with Crippen LogP contribution in [0.4, 0.5) is 120 Å². The Labute approximate surface area is 546 Å². The van der Waals surface area contributed by atoms with Crippen molar-refractivity contribution in [2.75, 3.05) is 133 Å². The predicted octanol–water partition coefficient (Wildman–Crippen LogP) is 15.3. The van der Waals surface area contributed by atoms with Crippen LogP contribution in [0.3, 0.4) is 0 Å². The summed E-state index contributed by atoms with van der Waals surface area (Å²) in [7, 11) is 1.63. The van der Waals surface area contributed by atoms with Gasteiger partial charge in [-0.3, -0.25) is 0 Å². The van der Waals surface area contributed by atoms with Crippen molar-refractivity contribution in [3.8, 4) is 5.75 Å². The minimum absolute atomic E-state index is 0.0265. The normalized spacial score (nSPS) is 14.1. The molecule has 3 aromatic carbocycles. The summed E-state index contributed by atoms with van der Waals surface area (Å²) in [4.78, 5) is 30.1. The first kappa shape index (κ1) is 69.4. The van der Waals surface area contributed by atoms with Crippen molar-refractivity contribution in [2.24, 2.45) is 0 Å². The lowest BCUT2D eigenvalue weighted by Crippen LogP contribution is -2.36. The van der Waals surface area contributed by atoms with Crippen LogP contribution in [0.15, 0.2) is 165 Å². The second-order valence-corrected chi connectivity index (χ2v) is 21.7. The molecule has 0 unspecified atom stereocenters. The highest BCUT2D eigenvalue weighted by Crippen LogP contribution is 2.41. The molecule has 29 heteroatoms. The fourth-order valence-electron chi connectivity index (χ4n) is 9.73. The highest BCUT2D eigenvalue weighted by molar-refractivity contribution is 6.29. The Morgan fingerprint density at radius 3 is 1.08 bits per heavy atom. The second-order valence-electron chi connectivity index (χ2n) is 21.3. The van der Waals surface area contributed by atoms with Crippen molar-refractivity contribution in [1.29, 1.82) is 0 Å². The molecular weight excluding hydrogens is 1270 g/mol. The Hall–Kier alpha value is -9.90. The van der Waals surface area contributed by atoms with Gasteiger partial charge in [-0.15, -0.1) is 0 Å². The van der Waals surface area contributed by atoms with Crippen LogP contribution in [0.25, 0.3) is 0 Å². The Kier molecular flexibility index (Phi) is 23.6. The van der Waals surface area contributed by atoms with Crippen molar-refractivity contribution in [2.45, 2.75) is 32.4 Å². The maximum absolute atomic E-state index is 13.5. The van der Waals surface area contributed by atoms with Crippen LogP contribution in [0.2, 0.25) is 5.15 Å². The number of rotatable bonds is 14. The van der Waals surface area contributed by atoms with E-state index in [1.54, 1.807) is 61.7 Å². The van der Waals surface area contributed by atoms with E-state index >= 15 is 0 Å². The smallest absolute Gasteiger partial charge is 0.419 e. The van der Waals surface area contributed by atoms with Gasteiger partial charge in [0.15, 0.2) is 0 Å². The molecule has 0 radical (unpaired) electrons. The molecule has 19 nitrogen and oxygen atoms in total. The summed E-state index contributed by atoms with van der Waals surface area (Å²) in [5.41, 5.74) is 10.2. The number of aryl methyl sites for hydroxylation is 2. The molecule has 9 heterocycles. The molecule has 0 saturated carbocycles. The van der Waals surface area contributed by atoms with E-state index in [1.165, 1.54) is 30.7 Å². The van der Waals surface area contributed by atoms with E-state index in [-0.39, 0.29) is 22.2 Å². The molecule has 9 aromatic rings. The zero-order valence-corrected chi connectivity index (χ0v) is 52.3. The maximum atomic E-state index is 13.5. The number of hydrogen-bond donors (Lipinski definition) is 6. The van der Waals surface area contributed by atoms with Crippen LogP contribution in [0.5, 0.6) is 5.75 Å². The summed E-state index contributed by atoms with van der Waals surface area (Å²) in [6.45, 7) is 13.1. The fraction of sp³-hybridized carbons (Fsp3) is 0.273. The van der Waals surface area contributed by atoms with Crippen LogP contribution < -0.4 is 51.8 Å². The van der Waals surface area contributed by atoms with Gasteiger partial charge in [0.1, 0.15) is 40.0 Å². The Balaban J connectivity index is 0.000000155. The lowest BCUT2D eigenvalue weighted by atomic mass is 10.1. The summed E-state index contributed by atoms with van der Waals surface area (Å²) in [5, 5.41) is 14.4. The minimum atomic E-state index is -4.55. The van der Waals surface area contributed by atoms with Gasteiger partial charge >= 0.3 is 18.5 Å². The number of methoxy groups -OCH3 is 1. The monoisotopic (exact) mass is 1340 g/mol. The third-order valence-electron chi connectivity index (χ3n) is 14.7. The molecule has 0 bridgehead atoms. The molecule has 95 heavy (non-hydrogen) atoms. The number of anilines is 14. The number of aromatic nitrogens is 6. The fourth-order valence-corrected chi connectivity index (χ4v) is 9.89. The highest BCUT2D eigenvalue weighted by Gasteiger charge is 2.37. The maximum Gasteiger partial charge on any atom is 0.419 e. The number of pyridine rings is 6. The van der Waals surface area contributed by atoms with Crippen LogP contribution in [-0.4, -0.2) is 116 Å². The lowest BCUT2D eigenvalue weighted by Gasteiger charge is -2.29. The zero-order chi connectivity index (χ0) is 67.5. The number of benzene rings is 3. The third kappa shape index (κ3) is 20.1. The van der Waals surface area contributed by atoms with Crippen LogP contribution in [-0.2, 0) is 32.7 Å². The standard InChI is InChI=1S/2C22H22F3N5O.C11H7ClF3N3.C11H16N2O2/c2*1-15-5-6-16(30-8-10-31-11-9-30)12-18(15)28-21-13-19(17(14-27-21)22(23,24)25)29-20-4-2-3-7-26-20;12-9-5-8(7(6-17-9)11(13,14)15)18-10-3-1-2-4-16-10;1-14-11-3-2-9(8-10(11)12)13-4-6-15-7-5-13/h2*2-7,12-14H,8-11H2,1H3,(H2,26,27,28,29);1-6H,(H,16,17,18);2-3,8H,4-7,12H2,1H3. The van der Waals surface area contributed by atoms with Gasteiger partial charge < -0.3 is 66.0 Å². The predicted molar refractivity (Wildman–Crippen MR) is 351 cm³/mol. The molecule has 500 valence electrons. The molecule has 0 atom stereocenters. The topological polar surface area (TPSA) is 210 Å². The number of alkyl halides is 9. The van der Waals surface area contributed by atoms with Gasteiger partial charge in [-0.05, 0) is 110 Å². The Morgan fingerprint density at radius 1 is 0.411 bits per heavy atom. The van der Waals surface area contributed by atoms with E-state index in [4.69, 9.17) is 36.3 Å². The van der Waals surface area contributed by atoms with Gasteiger partial charge in [-0.1, -0.05) is 41.9 Å². The van der Waals surface area contributed by atoms with Gasteiger partial charge in [0.05, 0.1) is 86.2 Å². The van der Waals surface area contributed by atoms with Gasteiger partial charge in [0.25, 0.3) is 0 Å². The number of halogens is 10. The van der Waals surface area contributed by atoms with Crippen molar-refractivity contribution >= 4 is 91.9 Å². The summed E-state index contributed by atoms with van der Waals surface area (Å²) in [5.74, 6) is 2.26. The summed E-state index contributed by atoms with van der Waals surface area (Å²) in [6, 6.07) is 36.5. The number of ether oxygens (including phenoxy) is 4. The molecule has 0 aliphatic carbocycles. The molecule has 6 aromatic heterocycles. The van der Waals surface area contributed by atoms with E-state index < -0.39 is 35.2 Å². The molecule has 12 rings (SSSR count). The van der Waals surface area contributed by atoms with Crippen LogP contribution in [0.1, 0.15) is 27.8 Å². The van der Waals surface area contributed by atoms with E-state index in [0.29, 0.717) is 67.4 Å². The molecule has 0 amide bonds. The molecule has 3 saturated heterocycles.